The lowest BCUT2D eigenvalue weighted by molar-refractivity contribution is 0.572. The van der Waals surface area contributed by atoms with Crippen molar-refractivity contribution in [2.75, 3.05) is 5.75 Å². The Balaban J connectivity index is 1.87. The molecular formula is C15H12FN3O3S. The van der Waals surface area contributed by atoms with E-state index < -0.39 is 21.2 Å². The van der Waals surface area contributed by atoms with Crippen LogP contribution in [0.25, 0.3) is 10.9 Å². The Labute approximate surface area is 131 Å². The fourth-order valence-electron chi connectivity index (χ4n) is 2.14. The van der Waals surface area contributed by atoms with E-state index in [1.54, 1.807) is 18.3 Å². The van der Waals surface area contributed by atoms with Crippen molar-refractivity contribution in [1.29, 1.82) is 0 Å². The molecule has 0 N–H and O–H groups in total. The number of rotatable bonds is 4. The number of aryl methyl sites for hydroxylation is 1. The number of benzene rings is 1. The van der Waals surface area contributed by atoms with Crippen molar-refractivity contribution in [3.05, 3.63) is 65.0 Å². The Bertz CT molecular complexity index is 1010. The van der Waals surface area contributed by atoms with E-state index in [9.17, 15) is 17.6 Å². The van der Waals surface area contributed by atoms with Crippen molar-refractivity contribution < 1.29 is 12.8 Å². The number of halogens is 1. The topological polar surface area (TPSA) is 81.9 Å². The van der Waals surface area contributed by atoms with E-state index in [0.29, 0.717) is 10.9 Å². The van der Waals surface area contributed by atoms with Gasteiger partial charge in [0.05, 0.1) is 34.3 Å². The predicted octanol–water partition coefficient (Wildman–Crippen LogP) is 1.40. The Morgan fingerprint density at radius 3 is 2.61 bits per heavy atom. The van der Waals surface area contributed by atoms with Gasteiger partial charge in [0.1, 0.15) is 5.82 Å². The van der Waals surface area contributed by atoms with Crippen molar-refractivity contribution in [2.24, 2.45) is 0 Å². The first kappa shape index (κ1) is 15.3. The van der Waals surface area contributed by atoms with Crippen LogP contribution in [0.3, 0.4) is 0 Å². The summed E-state index contributed by atoms with van der Waals surface area (Å²) in [6.45, 7) is -0.0939. The first-order chi connectivity index (χ1) is 11.0. The molecule has 2 heterocycles. The highest BCUT2D eigenvalue weighted by molar-refractivity contribution is 7.91. The average molecular weight is 333 g/mol. The van der Waals surface area contributed by atoms with Gasteiger partial charge in [0, 0.05) is 6.20 Å². The van der Waals surface area contributed by atoms with Crippen LogP contribution in [0.1, 0.15) is 0 Å². The number of hydrogen-bond acceptors (Lipinski definition) is 5. The molecule has 8 heteroatoms. The maximum Gasteiger partial charge on any atom is 0.276 e. The number of sulfone groups is 1. The second kappa shape index (κ2) is 5.88. The minimum absolute atomic E-state index is 0.00871. The summed E-state index contributed by atoms with van der Waals surface area (Å²) in [5.74, 6) is -0.819. The lowest BCUT2D eigenvalue weighted by Crippen LogP contribution is -2.26. The summed E-state index contributed by atoms with van der Waals surface area (Å²) >= 11 is 0. The Morgan fingerprint density at radius 1 is 1.13 bits per heavy atom. The van der Waals surface area contributed by atoms with E-state index >= 15 is 0 Å². The summed E-state index contributed by atoms with van der Waals surface area (Å²) < 4.78 is 38.4. The van der Waals surface area contributed by atoms with Crippen LogP contribution in [-0.4, -0.2) is 28.9 Å². The molecule has 0 amide bonds. The van der Waals surface area contributed by atoms with Crippen molar-refractivity contribution in [3.8, 4) is 0 Å². The van der Waals surface area contributed by atoms with Gasteiger partial charge in [-0.1, -0.05) is 0 Å². The molecule has 2 aromatic heterocycles. The lowest BCUT2D eigenvalue weighted by Gasteiger charge is -2.07. The summed E-state index contributed by atoms with van der Waals surface area (Å²) in [6, 6.07) is 7.80. The quantitative estimate of drug-likeness (QED) is 0.674. The minimum Gasteiger partial charge on any atom is -0.267 e. The molecular weight excluding hydrogens is 321 g/mol. The third-order valence-corrected chi connectivity index (χ3v) is 5.08. The highest BCUT2D eigenvalue weighted by atomic mass is 32.2. The molecule has 0 bridgehead atoms. The van der Waals surface area contributed by atoms with Crippen LogP contribution in [-0.2, 0) is 16.4 Å². The summed E-state index contributed by atoms with van der Waals surface area (Å²) in [4.78, 5) is 16.3. The monoisotopic (exact) mass is 333 g/mol. The highest BCUT2D eigenvalue weighted by Crippen LogP contribution is 2.12. The van der Waals surface area contributed by atoms with Crippen LogP contribution in [0.15, 0.2) is 58.5 Å². The van der Waals surface area contributed by atoms with E-state index in [2.05, 4.69) is 10.1 Å². The van der Waals surface area contributed by atoms with Gasteiger partial charge in [0.2, 0.25) is 0 Å². The first-order valence-corrected chi connectivity index (χ1v) is 8.42. The third-order valence-electron chi connectivity index (χ3n) is 3.37. The molecule has 0 fully saturated rings. The Kier molecular flexibility index (Phi) is 3.91. The molecule has 0 atom stereocenters. The normalized spacial score (nSPS) is 11.7. The van der Waals surface area contributed by atoms with E-state index in [1.165, 1.54) is 18.3 Å². The number of nitrogens with zero attached hydrogens (tertiary/aromatic N) is 3. The highest BCUT2D eigenvalue weighted by Gasteiger charge is 2.15. The molecule has 3 aromatic rings. The fourth-order valence-corrected chi connectivity index (χ4v) is 3.34. The maximum absolute atomic E-state index is 12.9. The molecule has 0 unspecified atom stereocenters. The zero-order chi connectivity index (χ0) is 16.4. The zero-order valence-electron chi connectivity index (χ0n) is 11.9. The van der Waals surface area contributed by atoms with Crippen molar-refractivity contribution in [2.45, 2.75) is 11.4 Å². The van der Waals surface area contributed by atoms with E-state index in [1.807, 2.05) is 0 Å². The van der Waals surface area contributed by atoms with E-state index in [4.69, 9.17) is 0 Å². The zero-order valence-corrected chi connectivity index (χ0v) is 12.7. The van der Waals surface area contributed by atoms with E-state index in [-0.39, 0.29) is 17.2 Å². The number of pyridine rings is 1. The summed E-state index contributed by atoms with van der Waals surface area (Å²) in [5.41, 5.74) is 0.0556. The summed E-state index contributed by atoms with van der Waals surface area (Å²) in [5, 5.41) is 4.31. The molecule has 23 heavy (non-hydrogen) atoms. The molecule has 1 aromatic carbocycles. The van der Waals surface area contributed by atoms with Crippen LogP contribution in [0.4, 0.5) is 4.39 Å². The van der Waals surface area contributed by atoms with Gasteiger partial charge in [-0.05, 0) is 36.4 Å². The van der Waals surface area contributed by atoms with Gasteiger partial charge in [-0.15, -0.1) is 0 Å². The summed E-state index contributed by atoms with van der Waals surface area (Å²) in [7, 11) is -3.63. The van der Waals surface area contributed by atoms with Gasteiger partial charge >= 0.3 is 0 Å². The van der Waals surface area contributed by atoms with Gasteiger partial charge in [0.25, 0.3) is 5.56 Å². The molecule has 0 aliphatic rings. The number of hydrogen-bond donors (Lipinski definition) is 0. The van der Waals surface area contributed by atoms with Crippen LogP contribution in [0.2, 0.25) is 0 Å². The number of fused-ring (bicyclic) bond motifs is 1. The standard InChI is InChI=1S/C15H12FN3O3S/c16-11-3-5-12(6-4-11)23(21,22)9-8-19-15(20)13-2-1-7-17-14(13)10-18-19/h1-7,10H,8-9H2. The second-order valence-corrected chi connectivity index (χ2v) is 6.99. The molecule has 118 valence electrons. The number of aromatic nitrogens is 3. The van der Waals surface area contributed by atoms with Crippen LogP contribution >= 0.6 is 0 Å². The Hall–Kier alpha value is -2.61. The van der Waals surface area contributed by atoms with Gasteiger partial charge in [0.15, 0.2) is 9.84 Å². The molecule has 0 aliphatic carbocycles. The molecule has 0 spiro atoms. The van der Waals surface area contributed by atoms with Gasteiger partial charge < -0.3 is 0 Å². The summed E-state index contributed by atoms with van der Waals surface area (Å²) in [6.07, 6.45) is 2.97. The SMILES string of the molecule is O=c1c2cccnc2cnn1CCS(=O)(=O)c1ccc(F)cc1. The third kappa shape index (κ3) is 3.11. The predicted molar refractivity (Wildman–Crippen MR) is 82.3 cm³/mol. The van der Waals surface area contributed by atoms with Crippen molar-refractivity contribution >= 4 is 20.7 Å². The largest absolute Gasteiger partial charge is 0.276 e. The molecule has 0 radical (unpaired) electrons. The van der Waals surface area contributed by atoms with Crippen molar-refractivity contribution in [1.82, 2.24) is 14.8 Å². The molecule has 3 rings (SSSR count). The van der Waals surface area contributed by atoms with Gasteiger partial charge in [-0.3, -0.25) is 9.78 Å². The van der Waals surface area contributed by atoms with Crippen LogP contribution < -0.4 is 5.56 Å². The van der Waals surface area contributed by atoms with Crippen LogP contribution in [0, 0.1) is 5.82 Å². The van der Waals surface area contributed by atoms with Gasteiger partial charge in [-0.25, -0.2) is 17.5 Å². The lowest BCUT2D eigenvalue weighted by atomic mass is 10.3. The van der Waals surface area contributed by atoms with E-state index in [0.717, 1.165) is 16.8 Å². The minimum atomic E-state index is -3.63. The maximum atomic E-state index is 12.9. The molecule has 0 aliphatic heterocycles. The fraction of sp³-hybridized carbons (Fsp3) is 0.133. The molecule has 0 saturated heterocycles. The van der Waals surface area contributed by atoms with Gasteiger partial charge in [-0.2, -0.15) is 5.10 Å². The molecule has 6 nitrogen and oxygen atoms in total. The first-order valence-electron chi connectivity index (χ1n) is 6.76. The van der Waals surface area contributed by atoms with Crippen LogP contribution in [0.5, 0.6) is 0 Å². The second-order valence-electron chi connectivity index (χ2n) is 4.88. The van der Waals surface area contributed by atoms with Crippen molar-refractivity contribution in [3.63, 3.8) is 0 Å². The molecule has 0 saturated carbocycles. The Morgan fingerprint density at radius 2 is 1.87 bits per heavy atom. The average Bonchev–Trinajstić information content (AvgIpc) is 2.55. The smallest absolute Gasteiger partial charge is 0.267 e.